The number of para-hydroxylation sites is 2. The number of hydrogen-bond acceptors (Lipinski definition) is 3. The average molecular weight is 555 g/mol. The van der Waals surface area contributed by atoms with Crippen molar-refractivity contribution in [2.75, 3.05) is 0 Å². The van der Waals surface area contributed by atoms with Crippen LogP contribution in [0.4, 0.5) is 0 Å². The maximum Gasteiger partial charge on any atom is 0.131 e. The van der Waals surface area contributed by atoms with Crippen LogP contribution in [-0.2, 0) is 0 Å². The normalized spacial score (nSPS) is 16.6. The van der Waals surface area contributed by atoms with E-state index in [1.165, 1.54) is 32.9 Å². The van der Waals surface area contributed by atoms with Crippen LogP contribution < -0.4 is 10.6 Å². The van der Waals surface area contributed by atoms with Gasteiger partial charge in [-0.25, -0.2) is 4.99 Å². The number of nitrogens with zero attached hydrogens (tertiary/aromatic N) is 2. The predicted molar refractivity (Wildman–Crippen MR) is 177 cm³/mol. The summed E-state index contributed by atoms with van der Waals surface area (Å²) in [5.41, 5.74) is 9.31. The van der Waals surface area contributed by atoms with Crippen molar-refractivity contribution in [2.24, 2.45) is 4.99 Å². The van der Waals surface area contributed by atoms with Gasteiger partial charge >= 0.3 is 0 Å². The summed E-state index contributed by atoms with van der Waals surface area (Å²) < 4.78 is 2.35. The van der Waals surface area contributed by atoms with Crippen molar-refractivity contribution in [3.8, 4) is 16.8 Å². The standard InChI is InChI=1S/C39H30N4/c1-3-11-27(12-4-1)28-19-21-30(22-20-28)38-40-37(29-13-5-2-6-14-29)41-39(42-38)31-23-25-32(26-24-31)43-35-17-9-7-15-33(35)34-16-8-10-18-36(34)43/h1-26,37,39,41H,(H,40,42). The Morgan fingerprint density at radius 3 is 1.65 bits per heavy atom. The van der Waals surface area contributed by atoms with E-state index in [4.69, 9.17) is 4.99 Å². The largest absolute Gasteiger partial charge is 0.350 e. The van der Waals surface area contributed by atoms with Crippen LogP contribution in [0.15, 0.2) is 163 Å². The van der Waals surface area contributed by atoms with Crippen LogP contribution in [0.1, 0.15) is 29.0 Å². The summed E-state index contributed by atoms with van der Waals surface area (Å²) in [5.74, 6) is 0.878. The molecule has 8 rings (SSSR count). The van der Waals surface area contributed by atoms with Crippen molar-refractivity contribution in [1.82, 2.24) is 15.2 Å². The molecule has 2 unspecified atom stereocenters. The van der Waals surface area contributed by atoms with Gasteiger partial charge in [0.05, 0.1) is 11.0 Å². The van der Waals surface area contributed by atoms with Crippen molar-refractivity contribution in [2.45, 2.75) is 12.3 Å². The third kappa shape index (κ3) is 4.68. The molecule has 0 amide bonds. The van der Waals surface area contributed by atoms with Crippen LogP contribution in [0.2, 0.25) is 0 Å². The second-order valence-corrected chi connectivity index (χ2v) is 10.9. The fourth-order valence-electron chi connectivity index (χ4n) is 6.15. The molecule has 0 bridgehead atoms. The summed E-state index contributed by atoms with van der Waals surface area (Å²) in [5, 5.41) is 9.95. The van der Waals surface area contributed by atoms with Crippen LogP contribution in [0.5, 0.6) is 0 Å². The zero-order valence-corrected chi connectivity index (χ0v) is 23.6. The lowest BCUT2D eigenvalue weighted by molar-refractivity contribution is 0.409. The fourth-order valence-corrected chi connectivity index (χ4v) is 6.15. The molecule has 0 aliphatic carbocycles. The highest BCUT2D eigenvalue weighted by Gasteiger charge is 2.25. The summed E-state index contributed by atoms with van der Waals surface area (Å²) in [4.78, 5) is 5.12. The van der Waals surface area contributed by atoms with Gasteiger partial charge in [-0.2, -0.15) is 0 Å². The van der Waals surface area contributed by atoms with Crippen molar-refractivity contribution >= 4 is 27.6 Å². The maximum absolute atomic E-state index is 5.12. The van der Waals surface area contributed by atoms with Crippen molar-refractivity contribution in [1.29, 1.82) is 0 Å². The summed E-state index contributed by atoms with van der Waals surface area (Å²) in [6.07, 6.45) is -0.285. The molecule has 1 aliphatic rings. The minimum atomic E-state index is -0.173. The monoisotopic (exact) mass is 554 g/mol. The number of benzene rings is 6. The summed E-state index contributed by atoms with van der Waals surface area (Å²) in [7, 11) is 0. The van der Waals surface area contributed by atoms with E-state index in [1.54, 1.807) is 0 Å². The van der Waals surface area contributed by atoms with Crippen LogP contribution in [0, 0.1) is 0 Å². The van der Waals surface area contributed by atoms with Gasteiger partial charge < -0.3 is 9.88 Å². The summed E-state index contributed by atoms with van der Waals surface area (Å²) in [6, 6.07) is 55.7. The van der Waals surface area contributed by atoms with Gasteiger partial charge in [-0.3, -0.25) is 5.32 Å². The van der Waals surface area contributed by atoms with E-state index in [-0.39, 0.29) is 12.3 Å². The molecule has 1 aliphatic heterocycles. The third-order valence-electron chi connectivity index (χ3n) is 8.31. The predicted octanol–water partition coefficient (Wildman–Crippen LogP) is 8.79. The van der Waals surface area contributed by atoms with Gasteiger partial charge in [-0.05, 0) is 46.5 Å². The highest BCUT2D eigenvalue weighted by atomic mass is 15.3. The van der Waals surface area contributed by atoms with Crippen LogP contribution >= 0.6 is 0 Å². The Morgan fingerprint density at radius 1 is 0.465 bits per heavy atom. The molecule has 0 radical (unpaired) electrons. The molecule has 0 spiro atoms. The highest BCUT2D eigenvalue weighted by molar-refractivity contribution is 6.09. The topological polar surface area (TPSA) is 41.4 Å². The van der Waals surface area contributed by atoms with E-state index in [0.29, 0.717) is 0 Å². The molecule has 0 saturated heterocycles. The Balaban J connectivity index is 1.14. The number of aliphatic imine (C=N–C) groups is 1. The quantitative estimate of drug-likeness (QED) is 0.223. The number of amidine groups is 1. The Bertz CT molecular complexity index is 2010. The second kappa shape index (κ2) is 10.8. The van der Waals surface area contributed by atoms with E-state index < -0.39 is 0 Å². The van der Waals surface area contributed by atoms with Crippen molar-refractivity contribution in [3.63, 3.8) is 0 Å². The number of rotatable bonds is 5. The molecule has 0 fully saturated rings. The van der Waals surface area contributed by atoms with Crippen LogP contribution in [0.3, 0.4) is 0 Å². The molecule has 206 valence electrons. The summed E-state index contributed by atoms with van der Waals surface area (Å²) >= 11 is 0. The van der Waals surface area contributed by atoms with Gasteiger partial charge in [0.1, 0.15) is 18.2 Å². The third-order valence-corrected chi connectivity index (χ3v) is 8.31. The molecule has 0 saturated carbocycles. The molecule has 4 heteroatoms. The lowest BCUT2D eigenvalue weighted by atomic mass is 10.0. The molecule has 6 aromatic carbocycles. The van der Waals surface area contributed by atoms with Gasteiger partial charge in [-0.1, -0.05) is 133 Å². The van der Waals surface area contributed by atoms with Gasteiger partial charge in [-0.15, -0.1) is 0 Å². The van der Waals surface area contributed by atoms with Crippen molar-refractivity contribution < 1.29 is 0 Å². The Hall–Kier alpha value is -5.45. The summed E-state index contributed by atoms with van der Waals surface area (Å²) in [6.45, 7) is 0. The van der Waals surface area contributed by atoms with E-state index in [1.807, 2.05) is 12.1 Å². The molecular formula is C39H30N4. The molecule has 2 atom stereocenters. The first-order valence-electron chi connectivity index (χ1n) is 14.7. The lowest BCUT2D eigenvalue weighted by Crippen LogP contribution is -2.44. The molecule has 2 heterocycles. The first-order chi connectivity index (χ1) is 21.3. The molecule has 2 N–H and O–H groups in total. The molecular weight excluding hydrogens is 524 g/mol. The van der Waals surface area contributed by atoms with E-state index in [0.717, 1.165) is 28.2 Å². The van der Waals surface area contributed by atoms with E-state index in [9.17, 15) is 0 Å². The van der Waals surface area contributed by atoms with Gasteiger partial charge in [0.2, 0.25) is 0 Å². The Kier molecular flexibility index (Phi) is 6.32. The van der Waals surface area contributed by atoms with Crippen molar-refractivity contribution in [3.05, 3.63) is 174 Å². The zero-order chi connectivity index (χ0) is 28.6. The number of nitrogens with one attached hydrogen (secondary N) is 2. The molecule has 1 aromatic heterocycles. The fraction of sp³-hybridized carbons (Fsp3) is 0.0513. The van der Waals surface area contributed by atoms with Crippen LogP contribution in [-0.4, -0.2) is 10.4 Å². The Labute approximate surface area is 251 Å². The lowest BCUT2D eigenvalue weighted by Gasteiger charge is -2.32. The molecule has 43 heavy (non-hydrogen) atoms. The van der Waals surface area contributed by atoms with Gasteiger partial charge in [0.25, 0.3) is 0 Å². The smallest absolute Gasteiger partial charge is 0.131 e. The molecule has 7 aromatic rings. The maximum atomic E-state index is 5.12. The zero-order valence-electron chi connectivity index (χ0n) is 23.6. The average Bonchev–Trinajstić information content (AvgIpc) is 3.43. The number of aromatic nitrogens is 1. The SMILES string of the molecule is c1ccc(-c2ccc(C3=NC(c4ccccc4)NC(c4ccc(-n5c6ccccc6c6ccccc65)cc4)N3)cc2)cc1. The van der Waals surface area contributed by atoms with Crippen LogP contribution in [0.25, 0.3) is 38.6 Å². The Morgan fingerprint density at radius 2 is 1.00 bits per heavy atom. The number of fused-ring (bicyclic) bond motifs is 3. The molecule has 4 nitrogen and oxygen atoms in total. The van der Waals surface area contributed by atoms with E-state index >= 15 is 0 Å². The first kappa shape index (κ1) is 25.3. The van der Waals surface area contributed by atoms with Gasteiger partial charge in [0, 0.05) is 22.0 Å². The number of hydrogen-bond donors (Lipinski definition) is 2. The minimum absolute atomic E-state index is 0.112. The minimum Gasteiger partial charge on any atom is -0.350 e. The van der Waals surface area contributed by atoms with Gasteiger partial charge in [0.15, 0.2) is 0 Å². The highest BCUT2D eigenvalue weighted by Crippen LogP contribution is 2.33. The first-order valence-corrected chi connectivity index (χ1v) is 14.7. The second-order valence-electron chi connectivity index (χ2n) is 10.9. The van der Waals surface area contributed by atoms with E-state index in [2.05, 4.69) is 161 Å².